The molecule has 102 valence electrons. The summed E-state index contributed by atoms with van der Waals surface area (Å²) < 4.78 is 0. The first-order valence-corrected chi connectivity index (χ1v) is 7.48. The maximum Gasteiger partial charge on any atom is 0.142 e. The van der Waals surface area contributed by atoms with Gasteiger partial charge in [0, 0.05) is 5.69 Å². The molecule has 0 aliphatic heterocycles. The first kappa shape index (κ1) is 13.1. The molecule has 1 N–H and O–H groups in total. The second-order valence-electron chi connectivity index (χ2n) is 5.81. The Morgan fingerprint density at radius 2 is 1.75 bits per heavy atom. The van der Waals surface area contributed by atoms with Crippen molar-refractivity contribution in [2.75, 3.05) is 5.32 Å². The number of rotatable bonds is 2. The number of hydrogen-bond acceptors (Lipinski definition) is 4. The first-order valence-electron chi connectivity index (χ1n) is 6.60. The molecule has 0 radical (unpaired) electrons. The van der Waals surface area contributed by atoms with Gasteiger partial charge in [0.1, 0.15) is 17.0 Å². The highest BCUT2D eigenvalue weighted by atomic mass is 32.1. The van der Waals surface area contributed by atoms with E-state index in [-0.39, 0.29) is 5.41 Å². The van der Waals surface area contributed by atoms with E-state index in [4.69, 9.17) is 0 Å². The molecular weight excluding hydrogens is 266 g/mol. The van der Waals surface area contributed by atoms with E-state index in [0.717, 1.165) is 21.7 Å². The summed E-state index contributed by atoms with van der Waals surface area (Å²) in [5.41, 5.74) is 2.55. The lowest BCUT2D eigenvalue weighted by Crippen LogP contribution is -2.10. The molecule has 3 aromatic rings. The number of aromatic nitrogens is 2. The van der Waals surface area contributed by atoms with Crippen LogP contribution >= 0.6 is 11.3 Å². The molecule has 2 aromatic heterocycles. The molecule has 4 heteroatoms. The topological polar surface area (TPSA) is 37.8 Å². The molecule has 0 fully saturated rings. The Balaban J connectivity index is 1.90. The standard InChI is InChI=1S/C16H17N3S/c1-16(2,3)11-4-6-12(7-5-11)19-14-13-8-9-20-15(13)18-10-17-14/h4-10H,1-3H3,(H,17,18,19). The highest BCUT2D eigenvalue weighted by Gasteiger charge is 2.13. The summed E-state index contributed by atoms with van der Waals surface area (Å²) >= 11 is 1.63. The average Bonchev–Trinajstić information content (AvgIpc) is 2.88. The van der Waals surface area contributed by atoms with Gasteiger partial charge in [0.25, 0.3) is 0 Å². The predicted molar refractivity (Wildman–Crippen MR) is 85.8 cm³/mol. The van der Waals surface area contributed by atoms with Gasteiger partial charge < -0.3 is 5.32 Å². The normalized spacial score (nSPS) is 11.8. The Hall–Kier alpha value is -1.94. The molecule has 0 saturated heterocycles. The first-order chi connectivity index (χ1) is 9.54. The van der Waals surface area contributed by atoms with Crippen molar-refractivity contribution in [3.8, 4) is 0 Å². The third-order valence-corrected chi connectivity index (χ3v) is 4.10. The number of nitrogens with zero attached hydrogens (tertiary/aromatic N) is 2. The van der Waals surface area contributed by atoms with Crippen LogP contribution in [0.3, 0.4) is 0 Å². The molecule has 1 aromatic carbocycles. The summed E-state index contributed by atoms with van der Waals surface area (Å²) in [5, 5.41) is 6.47. The van der Waals surface area contributed by atoms with Crippen molar-refractivity contribution >= 4 is 33.1 Å². The number of anilines is 2. The molecule has 0 spiro atoms. The minimum absolute atomic E-state index is 0.175. The fraction of sp³-hybridized carbons (Fsp3) is 0.250. The molecule has 0 atom stereocenters. The van der Waals surface area contributed by atoms with Gasteiger partial charge >= 0.3 is 0 Å². The van der Waals surface area contributed by atoms with Gasteiger partial charge in [-0.1, -0.05) is 32.9 Å². The van der Waals surface area contributed by atoms with Crippen molar-refractivity contribution in [3.63, 3.8) is 0 Å². The summed E-state index contributed by atoms with van der Waals surface area (Å²) in [6.45, 7) is 6.65. The molecule has 20 heavy (non-hydrogen) atoms. The molecule has 3 rings (SSSR count). The molecule has 0 bridgehead atoms. The van der Waals surface area contributed by atoms with Gasteiger partial charge in [-0.15, -0.1) is 11.3 Å². The van der Waals surface area contributed by atoms with Crippen molar-refractivity contribution in [2.45, 2.75) is 26.2 Å². The second kappa shape index (κ2) is 4.87. The number of nitrogens with one attached hydrogen (secondary N) is 1. The van der Waals surface area contributed by atoms with Gasteiger partial charge in [-0.25, -0.2) is 9.97 Å². The largest absolute Gasteiger partial charge is 0.340 e. The van der Waals surface area contributed by atoms with Gasteiger partial charge in [-0.05, 0) is 34.6 Å². The van der Waals surface area contributed by atoms with E-state index in [9.17, 15) is 0 Å². The third-order valence-electron chi connectivity index (χ3n) is 3.28. The SMILES string of the molecule is CC(C)(C)c1ccc(Nc2ncnc3sccc23)cc1. The van der Waals surface area contributed by atoms with E-state index in [1.807, 2.05) is 11.4 Å². The minimum Gasteiger partial charge on any atom is -0.340 e. The van der Waals surface area contributed by atoms with Crippen molar-refractivity contribution in [3.05, 3.63) is 47.6 Å². The second-order valence-corrected chi connectivity index (χ2v) is 6.71. The smallest absolute Gasteiger partial charge is 0.142 e. The van der Waals surface area contributed by atoms with Crippen LogP contribution < -0.4 is 5.32 Å². The van der Waals surface area contributed by atoms with Crippen LogP contribution in [0.4, 0.5) is 11.5 Å². The lowest BCUT2D eigenvalue weighted by Gasteiger charge is -2.19. The summed E-state index contributed by atoms with van der Waals surface area (Å²) in [5.74, 6) is 0.861. The fourth-order valence-corrected chi connectivity index (χ4v) is 2.81. The van der Waals surface area contributed by atoms with Crippen LogP contribution in [0.25, 0.3) is 10.2 Å². The fourth-order valence-electron chi connectivity index (χ4n) is 2.08. The van der Waals surface area contributed by atoms with Crippen molar-refractivity contribution in [2.24, 2.45) is 0 Å². The van der Waals surface area contributed by atoms with E-state index in [2.05, 4.69) is 60.3 Å². The number of hydrogen-bond donors (Lipinski definition) is 1. The lowest BCUT2D eigenvalue weighted by molar-refractivity contribution is 0.590. The molecule has 0 unspecified atom stereocenters. The number of thiophene rings is 1. The monoisotopic (exact) mass is 283 g/mol. The molecule has 2 heterocycles. The van der Waals surface area contributed by atoms with E-state index in [0.29, 0.717) is 0 Å². The van der Waals surface area contributed by atoms with Crippen molar-refractivity contribution < 1.29 is 0 Å². The predicted octanol–water partition coefficient (Wildman–Crippen LogP) is 4.73. The quantitative estimate of drug-likeness (QED) is 0.738. The van der Waals surface area contributed by atoms with Crippen LogP contribution in [0.5, 0.6) is 0 Å². The van der Waals surface area contributed by atoms with Gasteiger partial charge in [-0.3, -0.25) is 0 Å². The molecule has 0 aliphatic carbocycles. The summed E-state index contributed by atoms with van der Waals surface area (Å²) in [6, 6.07) is 10.6. The van der Waals surface area contributed by atoms with E-state index < -0.39 is 0 Å². The Labute approximate surface area is 122 Å². The van der Waals surface area contributed by atoms with Gasteiger partial charge in [0.15, 0.2) is 0 Å². The van der Waals surface area contributed by atoms with Crippen LogP contribution in [-0.2, 0) is 5.41 Å². The molecule has 3 nitrogen and oxygen atoms in total. The molecular formula is C16H17N3S. The van der Waals surface area contributed by atoms with Crippen LogP contribution in [0.15, 0.2) is 42.0 Å². The highest BCUT2D eigenvalue weighted by Crippen LogP contribution is 2.28. The lowest BCUT2D eigenvalue weighted by atomic mass is 9.87. The van der Waals surface area contributed by atoms with Gasteiger partial charge in [-0.2, -0.15) is 0 Å². The van der Waals surface area contributed by atoms with E-state index >= 15 is 0 Å². The molecule has 0 saturated carbocycles. The van der Waals surface area contributed by atoms with Crippen molar-refractivity contribution in [1.29, 1.82) is 0 Å². The Bertz CT molecular complexity index is 723. The van der Waals surface area contributed by atoms with Crippen LogP contribution in [0, 0.1) is 0 Å². The zero-order chi connectivity index (χ0) is 14.2. The zero-order valence-electron chi connectivity index (χ0n) is 11.8. The molecule has 0 aliphatic rings. The summed E-state index contributed by atoms with van der Waals surface area (Å²) in [6.07, 6.45) is 1.60. The average molecular weight is 283 g/mol. The van der Waals surface area contributed by atoms with E-state index in [1.54, 1.807) is 17.7 Å². The maximum absolute atomic E-state index is 4.33. The number of fused-ring (bicyclic) bond motifs is 1. The highest BCUT2D eigenvalue weighted by molar-refractivity contribution is 7.16. The summed E-state index contributed by atoms with van der Waals surface area (Å²) in [4.78, 5) is 9.60. The maximum atomic E-state index is 4.33. The third kappa shape index (κ3) is 2.51. The Morgan fingerprint density at radius 1 is 1.00 bits per heavy atom. The Morgan fingerprint density at radius 3 is 2.45 bits per heavy atom. The number of benzene rings is 1. The van der Waals surface area contributed by atoms with Crippen molar-refractivity contribution in [1.82, 2.24) is 9.97 Å². The Kier molecular flexibility index (Phi) is 3.18. The van der Waals surface area contributed by atoms with Gasteiger partial charge in [0.05, 0.1) is 5.39 Å². The van der Waals surface area contributed by atoms with Crippen LogP contribution in [0.1, 0.15) is 26.3 Å². The summed E-state index contributed by atoms with van der Waals surface area (Å²) in [7, 11) is 0. The van der Waals surface area contributed by atoms with Crippen LogP contribution in [0.2, 0.25) is 0 Å². The van der Waals surface area contributed by atoms with Crippen LogP contribution in [-0.4, -0.2) is 9.97 Å². The van der Waals surface area contributed by atoms with E-state index in [1.165, 1.54) is 5.56 Å². The van der Waals surface area contributed by atoms with Gasteiger partial charge in [0.2, 0.25) is 0 Å². The minimum atomic E-state index is 0.175. The zero-order valence-corrected chi connectivity index (χ0v) is 12.7. The molecule has 0 amide bonds.